The summed E-state index contributed by atoms with van der Waals surface area (Å²) in [4.78, 5) is 25.2. The Bertz CT molecular complexity index is 655. The van der Waals surface area contributed by atoms with E-state index in [1.54, 1.807) is 6.92 Å². The number of nitrogens with one attached hydrogen (secondary N) is 1. The average molecular weight is 410 g/mol. The Labute approximate surface area is 171 Å². The minimum absolute atomic E-state index is 0.0973. The number of hydrogen-bond acceptors (Lipinski definition) is 9. The topological polar surface area (TPSA) is 97.2 Å². The molecule has 1 aromatic rings. The monoisotopic (exact) mass is 409 g/mol. The maximum atomic E-state index is 10.9. The lowest BCUT2D eigenvalue weighted by atomic mass is 9.96. The van der Waals surface area contributed by atoms with Gasteiger partial charge in [-0.25, -0.2) is 4.98 Å². The van der Waals surface area contributed by atoms with Gasteiger partial charge in [-0.15, -0.1) is 4.91 Å². The number of rotatable bonds is 9. The van der Waals surface area contributed by atoms with Crippen molar-refractivity contribution in [1.29, 1.82) is 0 Å². The molecule has 2 heterocycles. The van der Waals surface area contributed by atoms with Crippen LogP contribution in [0.15, 0.2) is 5.29 Å². The summed E-state index contributed by atoms with van der Waals surface area (Å²) >= 11 is 1.32. The molecule has 10 heteroatoms. The lowest BCUT2D eigenvalue weighted by molar-refractivity contribution is 0.209. The van der Waals surface area contributed by atoms with Gasteiger partial charge < -0.3 is 20.2 Å². The third-order valence-electron chi connectivity index (χ3n) is 5.30. The number of anilines is 2. The van der Waals surface area contributed by atoms with Crippen molar-refractivity contribution in [3.8, 4) is 0 Å². The second-order valence-corrected chi connectivity index (χ2v) is 8.51. The molecule has 0 amide bonds. The number of aliphatic hydroxyl groups is 1. The molecule has 0 radical (unpaired) electrons. The van der Waals surface area contributed by atoms with Gasteiger partial charge >= 0.3 is 0 Å². The Morgan fingerprint density at radius 3 is 2.71 bits per heavy atom. The number of fused-ring (bicyclic) bond motifs is 1. The van der Waals surface area contributed by atoms with E-state index in [-0.39, 0.29) is 12.6 Å². The van der Waals surface area contributed by atoms with Crippen LogP contribution in [0.25, 0.3) is 0 Å². The maximum Gasteiger partial charge on any atom is 0.227 e. The number of aliphatic hydroxyl groups excluding tert-OH is 1. The molecule has 0 saturated carbocycles. The van der Waals surface area contributed by atoms with Crippen molar-refractivity contribution in [3.63, 3.8) is 0 Å². The van der Waals surface area contributed by atoms with Crippen LogP contribution >= 0.6 is 11.9 Å². The Kier molecular flexibility index (Phi) is 7.69. The molecule has 2 aliphatic rings. The summed E-state index contributed by atoms with van der Waals surface area (Å²) in [5.74, 6) is 2.42. The first-order chi connectivity index (χ1) is 13.6. The van der Waals surface area contributed by atoms with Crippen molar-refractivity contribution in [2.24, 2.45) is 5.29 Å². The minimum Gasteiger partial charge on any atom is -0.394 e. The standard InChI is InChI=1S/C18H31N7O2S/c1-14(13-26)25(22-27)28-12-7-19-17-15-5-3-4-6-16(15)20-18(21-17)24-10-8-23(2)9-11-24/h14,26H,3-13H2,1-2H3,(H,19,20,21)/t14-/m1/s1. The molecule has 3 rings (SSSR count). The molecule has 1 fully saturated rings. The lowest BCUT2D eigenvalue weighted by Gasteiger charge is -2.33. The van der Waals surface area contributed by atoms with Crippen LogP contribution in [0.2, 0.25) is 0 Å². The van der Waals surface area contributed by atoms with Crippen LogP contribution in [0.1, 0.15) is 31.0 Å². The molecule has 1 atom stereocenters. The summed E-state index contributed by atoms with van der Waals surface area (Å²) in [5.41, 5.74) is 2.42. The van der Waals surface area contributed by atoms with E-state index in [2.05, 4.69) is 27.5 Å². The maximum absolute atomic E-state index is 10.9. The van der Waals surface area contributed by atoms with Crippen LogP contribution < -0.4 is 10.2 Å². The Hall–Kier alpha value is -1.65. The minimum atomic E-state index is -0.293. The van der Waals surface area contributed by atoms with Crippen molar-refractivity contribution >= 4 is 23.7 Å². The first-order valence-electron chi connectivity index (χ1n) is 10.1. The van der Waals surface area contributed by atoms with Crippen molar-refractivity contribution in [2.75, 3.05) is 62.3 Å². The molecule has 1 aliphatic heterocycles. The third kappa shape index (κ3) is 5.24. The number of likely N-dealkylation sites (N-methyl/N-ethyl adjacent to an activating group) is 1. The van der Waals surface area contributed by atoms with Gasteiger partial charge in [0, 0.05) is 44.0 Å². The van der Waals surface area contributed by atoms with E-state index < -0.39 is 0 Å². The quantitative estimate of drug-likeness (QED) is 0.272. The van der Waals surface area contributed by atoms with E-state index in [0.717, 1.165) is 50.8 Å². The van der Waals surface area contributed by atoms with Gasteiger partial charge in [0.05, 0.1) is 23.6 Å². The molecule has 1 aliphatic carbocycles. The fourth-order valence-electron chi connectivity index (χ4n) is 3.48. The molecule has 1 saturated heterocycles. The average Bonchev–Trinajstić information content (AvgIpc) is 2.73. The zero-order chi connectivity index (χ0) is 19.9. The fourth-order valence-corrected chi connectivity index (χ4v) is 4.23. The summed E-state index contributed by atoms with van der Waals surface area (Å²) in [7, 11) is 2.14. The predicted molar refractivity (Wildman–Crippen MR) is 114 cm³/mol. The molecule has 0 aromatic carbocycles. The number of nitroso groups, excluding NO2 is 1. The van der Waals surface area contributed by atoms with Gasteiger partial charge in [0.25, 0.3) is 0 Å². The summed E-state index contributed by atoms with van der Waals surface area (Å²) in [5, 5.41) is 15.6. The Morgan fingerprint density at radius 2 is 2.00 bits per heavy atom. The van der Waals surface area contributed by atoms with E-state index in [4.69, 9.17) is 9.97 Å². The van der Waals surface area contributed by atoms with Crippen LogP contribution in [0.4, 0.5) is 11.8 Å². The smallest absolute Gasteiger partial charge is 0.227 e. The summed E-state index contributed by atoms with van der Waals surface area (Å²) in [6.07, 6.45) is 4.38. The molecule has 0 spiro atoms. The van der Waals surface area contributed by atoms with Crippen molar-refractivity contribution < 1.29 is 5.11 Å². The largest absolute Gasteiger partial charge is 0.394 e. The fraction of sp³-hybridized carbons (Fsp3) is 0.778. The van der Waals surface area contributed by atoms with E-state index >= 15 is 0 Å². The van der Waals surface area contributed by atoms with E-state index in [1.165, 1.54) is 40.5 Å². The summed E-state index contributed by atoms with van der Waals surface area (Å²) in [6.45, 7) is 6.29. The number of nitrogens with zero attached hydrogens (tertiary/aromatic N) is 6. The first-order valence-corrected chi connectivity index (χ1v) is 11.0. The number of hydrogen-bond donors (Lipinski definition) is 2. The number of piperazine rings is 1. The van der Waals surface area contributed by atoms with E-state index in [1.807, 2.05) is 0 Å². The number of aryl methyl sites for hydroxylation is 1. The van der Waals surface area contributed by atoms with Gasteiger partial charge in [-0.2, -0.15) is 9.40 Å². The molecule has 0 bridgehead atoms. The molecule has 2 N–H and O–H groups in total. The molecule has 1 aromatic heterocycles. The van der Waals surface area contributed by atoms with Crippen molar-refractivity contribution in [2.45, 2.75) is 38.6 Å². The summed E-state index contributed by atoms with van der Waals surface area (Å²) < 4.78 is 1.31. The summed E-state index contributed by atoms with van der Waals surface area (Å²) in [6, 6.07) is -0.293. The highest BCUT2D eigenvalue weighted by molar-refractivity contribution is 7.97. The van der Waals surface area contributed by atoms with Gasteiger partial charge in [-0.05, 0) is 51.6 Å². The van der Waals surface area contributed by atoms with Gasteiger partial charge in [0.2, 0.25) is 5.95 Å². The highest BCUT2D eigenvalue weighted by Gasteiger charge is 2.22. The Balaban J connectivity index is 1.65. The molecule has 28 heavy (non-hydrogen) atoms. The van der Waals surface area contributed by atoms with Crippen molar-refractivity contribution in [3.05, 3.63) is 16.2 Å². The second-order valence-electron chi connectivity index (χ2n) is 7.47. The third-order valence-corrected chi connectivity index (χ3v) is 6.38. The highest BCUT2D eigenvalue weighted by atomic mass is 32.2. The van der Waals surface area contributed by atoms with Crippen LogP contribution in [0.3, 0.4) is 0 Å². The number of aromatic nitrogens is 2. The van der Waals surface area contributed by atoms with Crippen LogP contribution in [0, 0.1) is 4.91 Å². The van der Waals surface area contributed by atoms with E-state index in [0.29, 0.717) is 12.3 Å². The van der Waals surface area contributed by atoms with Gasteiger partial charge in [0.1, 0.15) is 5.82 Å². The predicted octanol–water partition coefficient (Wildman–Crippen LogP) is 1.53. The normalized spacial score (nSPS) is 18.5. The molecule has 156 valence electrons. The Morgan fingerprint density at radius 1 is 1.25 bits per heavy atom. The van der Waals surface area contributed by atoms with Crippen LogP contribution in [0.5, 0.6) is 0 Å². The van der Waals surface area contributed by atoms with Crippen LogP contribution in [-0.2, 0) is 12.8 Å². The molecule has 0 unspecified atom stereocenters. The molecular formula is C18H31N7O2S. The highest BCUT2D eigenvalue weighted by Crippen LogP contribution is 2.28. The zero-order valence-corrected chi connectivity index (χ0v) is 17.6. The molecular weight excluding hydrogens is 378 g/mol. The van der Waals surface area contributed by atoms with Gasteiger partial charge in [-0.3, -0.25) is 0 Å². The second kappa shape index (κ2) is 10.2. The molecule has 9 nitrogen and oxygen atoms in total. The first kappa shape index (κ1) is 21.1. The van der Waals surface area contributed by atoms with Gasteiger partial charge in [0.15, 0.2) is 0 Å². The van der Waals surface area contributed by atoms with Crippen molar-refractivity contribution in [1.82, 2.24) is 19.3 Å². The SMILES string of the molecule is C[C@H](CO)N(N=O)SCCNc1nc(N2CCN(C)CC2)nc2c1CCCC2. The van der Waals surface area contributed by atoms with Crippen LogP contribution in [-0.4, -0.2) is 82.6 Å². The van der Waals surface area contributed by atoms with E-state index in [9.17, 15) is 10.0 Å². The van der Waals surface area contributed by atoms with Gasteiger partial charge in [-0.1, -0.05) is 0 Å². The lowest BCUT2D eigenvalue weighted by Crippen LogP contribution is -2.45. The zero-order valence-electron chi connectivity index (χ0n) is 16.8.